The van der Waals surface area contributed by atoms with E-state index in [9.17, 15) is 22.0 Å². The summed E-state index contributed by atoms with van der Waals surface area (Å²) in [5, 5.41) is 4.17. The number of hydrogen-bond donors (Lipinski definition) is 0. The highest BCUT2D eigenvalue weighted by atomic mass is 32.2. The van der Waals surface area contributed by atoms with E-state index in [1.807, 2.05) is 6.92 Å². The molecule has 2 heterocycles. The summed E-state index contributed by atoms with van der Waals surface area (Å²) < 4.78 is 62.9. The summed E-state index contributed by atoms with van der Waals surface area (Å²) in [4.78, 5) is 16.9. The number of methoxy groups -OCH3 is 1. The molecule has 1 aliphatic rings. The van der Waals surface area contributed by atoms with Crippen LogP contribution in [-0.2, 0) is 22.4 Å². The van der Waals surface area contributed by atoms with Crippen LogP contribution in [-0.4, -0.2) is 68.3 Å². The van der Waals surface area contributed by atoms with Gasteiger partial charge < -0.3 is 14.5 Å². The lowest BCUT2D eigenvalue weighted by molar-refractivity contribution is 0.0115. The molecule has 0 saturated heterocycles. The van der Waals surface area contributed by atoms with Crippen LogP contribution < -0.4 is 9.64 Å². The number of aromatic nitrogens is 2. The maximum atomic E-state index is 14.5. The molecular weight excluding hydrogens is 516 g/mol. The number of fused-ring (bicyclic) bond motifs is 1. The second-order valence-corrected chi connectivity index (χ2v) is 10.7. The Kier molecular flexibility index (Phi) is 7.29. The van der Waals surface area contributed by atoms with E-state index in [-0.39, 0.29) is 30.1 Å². The molecule has 4 rings (SSSR count). The van der Waals surface area contributed by atoms with Crippen molar-refractivity contribution in [2.24, 2.45) is 4.40 Å². The molecule has 3 aromatic rings. The predicted molar refractivity (Wildman–Crippen MR) is 141 cm³/mol. The minimum absolute atomic E-state index is 0.0760. The van der Waals surface area contributed by atoms with Gasteiger partial charge in [0.1, 0.15) is 23.0 Å². The smallest absolute Gasteiger partial charge is 0.289 e. The lowest BCUT2D eigenvalue weighted by Crippen LogP contribution is -2.39. The Labute approximate surface area is 220 Å². The molecule has 0 atom stereocenters. The topological polar surface area (TPSA) is 97.1 Å². The van der Waals surface area contributed by atoms with E-state index in [1.165, 1.54) is 16.7 Å². The molecule has 0 aliphatic carbocycles. The molecule has 202 valence electrons. The average molecular weight is 546 g/mol. The van der Waals surface area contributed by atoms with Gasteiger partial charge in [0, 0.05) is 43.9 Å². The predicted octanol–water partition coefficient (Wildman–Crippen LogP) is 3.85. The Bertz CT molecular complexity index is 1480. The van der Waals surface area contributed by atoms with Crippen LogP contribution in [0.1, 0.15) is 41.2 Å². The first-order valence-corrected chi connectivity index (χ1v) is 13.8. The van der Waals surface area contributed by atoms with Crippen molar-refractivity contribution in [3.05, 3.63) is 71.0 Å². The monoisotopic (exact) mass is 545 g/mol. The van der Waals surface area contributed by atoms with Crippen molar-refractivity contribution in [2.45, 2.75) is 26.2 Å². The molecule has 0 spiro atoms. The molecule has 0 fully saturated rings. The highest BCUT2D eigenvalue weighted by Crippen LogP contribution is 2.36. The van der Waals surface area contributed by atoms with Gasteiger partial charge in [-0.3, -0.25) is 4.79 Å². The van der Waals surface area contributed by atoms with Crippen molar-refractivity contribution in [3.8, 4) is 11.4 Å². The van der Waals surface area contributed by atoms with Gasteiger partial charge in [0.05, 0.1) is 19.1 Å². The van der Waals surface area contributed by atoms with Gasteiger partial charge in [-0.2, -0.15) is 13.9 Å². The molecule has 0 N–H and O–H groups in total. The first-order valence-electron chi connectivity index (χ1n) is 11.9. The largest absolute Gasteiger partial charge is 0.497 e. The van der Waals surface area contributed by atoms with Gasteiger partial charge >= 0.3 is 0 Å². The fraction of sp³-hybridized carbons (Fsp3) is 0.346. The molecule has 38 heavy (non-hydrogen) atoms. The van der Waals surface area contributed by atoms with E-state index in [2.05, 4.69) is 9.50 Å². The second kappa shape index (κ2) is 10.2. The number of amidine groups is 1. The van der Waals surface area contributed by atoms with Gasteiger partial charge in [-0.1, -0.05) is 0 Å². The summed E-state index contributed by atoms with van der Waals surface area (Å²) >= 11 is 0. The molecular formula is C26H29F2N5O4S. The van der Waals surface area contributed by atoms with Crippen LogP contribution in [0.15, 0.2) is 52.9 Å². The van der Waals surface area contributed by atoms with Crippen molar-refractivity contribution in [1.82, 2.24) is 14.7 Å². The number of amides is 1. The van der Waals surface area contributed by atoms with Gasteiger partial charge in [0.25, 0.3) is 21.9 Å². The molecule has 1 amide bonds. The molecule has 12 heteroatoms. The zero-order chi connectivity index (χ0) is 27.8. The summed E-state index contributed by atoms with van der Waals surface area (Å²) in [5.41, 5.74) is 1.42. The Morgan fingerprint density at radius 2 is 1.74 bits per heavy atom. The average Bonchev–Trinajstić information content (AvgIpc) is 3.28. The SMILES string of the molecule is CCN(C)C(=NS(C)(=O)=O)c1ccc(N2CCc3c(C(C)(F)F)nn(-c4ccc(OC)cc4)c3C2=O)cc1. The normalized spacial score (nSPS) is 14.4. The molecule has 0 unspecified atom stereocenters. The van der Waals surface area contributed by atoms with E-state index in [0.29, 0.717) is 29.2 Å². The Balaban J connectivity index is 1.75. The number of sulfonamides is 1. The van der Waals surface area contributed by atoms with E-state index in [4.69, 9.17) is 4.74 Å². The van der Waals surface area contributed by atoms with Gasteiger partial charge in [0.15, 0.2) is 0 Å². The quantitative estimate of drug-likeness (QED) is 0.331. The summed E-state index contributed by atoms with van der Waals surface area (Å²) in [6, 6.07) is 13.4. The zero-order valence-electron chi connectivity index (χ0n) is 21.8. The Morgan fingerprint density at radius 3 is 2.26 bits per heavy atom. The zero-order valence-corrected chi connectivity index (χ0v) is 22.6. The third-order valence-electron chi connectivity index (χ3n) is 6.27. The highest BCUT2D eigenvalue weighted by molar-refractivity contribution is 7.89. The minimum Gasteiger partial charge on any atom is -0.497 e. The number of carbonyl (C=O) groups excluding carboxylic acids is 1. The molecule has 2 aromatic carbocycles. The summed E-state index contributed by atoms with van der Waals surface area (Å²) in [5.74, 6) is -2.84. The van der Waals surface area contributed by atoms with E-state index >= 15 is 0 Å². The van der Waals surface area contributed by atoms with Crippen molar-refractivity contribution >= 4 is 27.5 Å². The molecule has 1 aromatic heterocycles. The maximum absolute atomic E-state index is 14.5. The number of ether oxygens (including phenoxy) is 1. The fourth-order valence-electron chi connectivity index (χ4n) is 4.31. The van der Waals surface area contributed by atoms with Gasteiger partial charge in [-0.05, 0) is 61.9 Å². The van der Waals surface area contributed by atoms with Crippen LogP contribution in [0.2, 0.25) is 0 Å². The first kappa shape index (κ1) is 27.2. The third kappa shape index (κ3) is 5.40. The first-order chi connectivity index (χ1) is 17.8. The molecule has 0 bridgehead atoms. The van der Waals surface area contributed by atoms with Gasteiger partial charge in [-0.25, -0.2) is 13.1 Å². The third-order valence-corrected chi connectivity index (χ3v) is 6.78. The Hall–Kier alpha value is -3.80. The van der Waals surface area contributed by atoms with Crippen LogP contribution in [0.4, 0.5) is 14.5 Å². The molecule has 9 nitrogen and oxygen atoms in total. The van der Waals surface area contributed by atoms with E-state index in [0.717, 1.165) is 13.2 Å². The number of alkyl halides is 2. The van der Waals surface area contributed by atoms with Crippen molar-refractivity contribution in [2.75, 3.05) is 38.4 Å². The summed E-state index contributed by atoms with van der Waals surface area (Å²) in [6.07, 6.45) is 1.21. The van der Waals surface area contributed by atoms with Crippen LogP contribution in [0.25, 0.3) is 5.69 Å². The number of nitrogens with zero attached hydrogens (tertiary/aromatic N) is 5. The lowest BCUT2D eigenvalue weighted by atomic mass is 10.00. The number of carbonyl (C=O) groups is 1. The number of benzene rings is 2. The second-order valence-electron chi connectivity index (χ2n) is 9.09. The lowest BCUT2D eigenvalue weighted by Gasteiger charge is -2.28. The summed E-state index contributed by atoms with van der Waals surface area (Å²) in [7, 11) is -0.393. The summed E-state index contributed by atoms with van der Waals surface area (Å²) in [6.45, 7) is 3.35. The Morgan fingerprint density at radius 1 is 1.13 bits per heavy atom. The molecule has 0 saturated carbocycles. The number of anilines is 1. The molecule has 1 aliphatic heterocycles. The van der Waals surface area contributed by atoms with Crippen LogP contribution in [0.5, 0.6) is 5.75 Å². The number of halogens is 2. The van der Waals surface area contributed by atoms with Gasteiger partial charge in [0.2, 0.25) is 0 Å². The molecule has 0 radical (unpaired) electrons. The number of hydrogen-bond acceptors (Lipinski definition) is 5. The standard InChI is InChI=1S/C26H29F2N5O4S/c1-6-31(3)24(30-38(5,35)36)17-7-9-18(10-8-17)32-16-15-21-22(25(32)34)33(29-23(21)26(2,27)28)19-11-13-20(37-4)14-12-19/h7-14H,6,15-16H2,1-5H3. The van der Waals surface area contributed by atoms with Gasteiger partial charge in [-0.15, -0.1) is 4.40 Å². The minimum atomic E-state index is -3.64. The van der Waals surface area contributed by atoms with Crippen molar-refractivity contribution < 1.29 is 26.7 Å². The van der Waals surface area contributed by atoms with Crippen LogP contribution in [0.3, 0.4) is 0 Å². The number of rotatable bonds is 7. The van der Waals surface area contributed by atoms with Crippen LogP contribution in [0, 0.1) is 0 Å². The van der Waals surface area contributed by atoms with E-state index in [1.54, 1.807) is 60.5 Å². The van der Waals surface area contributed by atoms with Crippen molar-refractivity contribution in [1.29, 1.82) is 0 Å². The van der Waals surface area contributed by atoms with Crippen molar-refractivity contribution in [3.63, 3.8) is 0 Å². The van der Waals surface area contributed by atoms with E-state index < -0.39 is 27.5 Å². The fourth-order valence-corrected chi connectivity index (χ4v) is 4.87. The maximum Gasteiger partial charge on any atom is 0.289 e. The van der Waals surface area contributed by atoms with Crippen LogP contribution >= 0.6 is 0 Å². The highest BCUT2D eigenvalue weighted by Gasteiger charge is 2.40.